The zero-order valence-electron chi connectivity index (χ0n) is 12.4. The number of thioether (sulfide) groups is 1. The van der Waals surface area contributed by atoms with Gasteiger partial charge in [-0.25, -0.2) is 9.18 Å². The molecule has 0 radical (unpaired) electrons. The maximum Gasteiger partial charge on any atom is 0.346 e. The number of ketones is 1. The van der Waals surface area contributed by atoms with E-state index in [1.807, 2.05) is 30.3 Å². The van der Waals surface area contributed by atoms with Crippen molar-refractivity contribution in [3.05, 3.63) is 75.9 Å². The van der Waals surface area contributed by atoms with Crippen LogP contribution < -0.4 is 0 Å². The monoisotopic (exact) mass is 362 g/mol. The van der Waals surface area contributed by atoms with Crippen LogP contribution in [0, 0.1) is 5.82 Å². The molecular formula is C18H12ClFO3S. The molecule has 2 aromatic carbocycles. The molecule has 24 heavy (non-hydrogen) atoms. The van der Waals surface area contributed by atoms with Crippen molar-refractivity contribution in [2.24, 2.45) is 0 Å². The van der Waals surface area contributed by atoms with Crippen LogP contribution in [-0.2, 0) is 9.53 Å². The van der Waals surface area contributed by atoms with E-state index in [1.165, 1.54) is 36.0 Å². The number of carbonyl (C=O) groups is 2. The fourth-order valence-corrected chi connectivity index (χ4v) is 3.43. The quantitative estimate of drug-likeness (QED) is 0.577. The Balaban J connectivity index is 1.74. The van der Waals surface area contributed by atoms with Crippen molar-refractivity contribution in [2.75, 3.05) is 0 Å². The van der Waals surface area contributed by atoms with Gasteiger partial charge in [-0.15, -0.1) is 0 Å². The second kappa shape index (κ2) is 7.20. The highest BCUT2D eigenvalue weighted by molar-refractivity contribution is 8.04. The topological polar surface area (TPSA) is 43.4 Å². The molecule has 1 aliphatic heterocycles. The predicted molar refractivity (Wildman–Crippen MR) is 90.4 cm³/mol. The van der Waals surface area contributed by atoms with Gasteiger partial charge in [0, 0.05) is 10.5 Å². The number of benzene rings is 2. The van der Waals surface area contributed by atoms with E-state index in [-0.39, 0.29) is 17.2 Å². The number of esters is 1. The zero-order chi connectivity index (χ0) is 17.1. The van der Waals surface area contributed by atoms with E-state index < -0.39 is 17.9 Å². The smallest absolute Gasteiger partial charge is 0.346 e. The Morgan fingerprint density at radius 3 is 2.46 bits per heavy atom. The summed E-state index contributed by atoms with van der Waals surface area (Å²) in [5.74, 6) is -1.22. The van der Waals surface area contributed by atoms with Crippen LogP contribution in [0.4, 0.5) is 4.39 Å². The number of carbonyl (C=O) groups excluding carboxylic acids is 2. The van der Waals surface area contributed by atoms with Gasteiger partial charge in [0.05, 0.1) is 11.5 Å². The van der Waals surface area contributed by atoms with E-state index in [9.17, 15) is 14.0 Å². The summed E-state index contributed by atoms with van der Waals surface area (Å²) in [6.45, 7) is 0. The Labute approximate surface area is 147 Å². The summed E-state index contributed by atoms with van der Waals surface area (Å²) < 4.78 is 18.1. The maximum atomic E-state index is 12.9. The van der Waals surface area contributed by atoms with Gasteiger partial charge in [-0.2, -0.15) is 0 Å². The summed E-state index contributed by atoms with van der Waals surface area (Å²) in [6.07, 6.45) is -0.877. The Bertz CT molecular complexity index is 803. The number of ether oxygens (including phenoxy) is 1. The van der Waals surface area contributed by atoms with Crippen LogP contribution in [0.2, 0.25) is 0 Å². The van der Waals surface area contributed by atoms with Gasteiger partial charge >= 0.3 is 5.97 Å². The highest BCUT2D eigenvalue weighted by Crippen LogP contribution is 2.39. The van der Waals surface area contributed by atoms with Crippen LogP contribution in [0.1, 0.15) is 16.8 Å². The number of halogens is 2. The highest BCUT2D eigenvalue weighted by Gasteiger charge is 2.35. The van der Waals surface area contributed by atoms with E-state index in [0.29, 0.717) is 10.5 Å². The molecule has 0 N–H and O–H groups in total. The van der Waals surface area contributed by atoms with Gasteiger partial charge in [-0.1, -0.05) is 41.6 Å². The number of cyclic esters (lactones) is 1. The average molecular weight is 363 g/mol. The highest BCUT2D eigenvalue weighted by atomic mass is 35.5. The second-order valence-electron chi connectivity index (χ2n) is 5.12. The number of rotatable bonds is 5. The number of hydrogen-bond acceptors (Lipinski definition) is 4. The molecule has 2 aromatic rings. The van der Waals surface area contributed by atoms with Crippen molar-refractivity contribution in [3.63, 3.8) is 0 Å². The molecule has 1 atom stereocenters. The second-order valence-corrected chi connectivity index (χ2v) is 6.61. The summed E-state index contributed by atoms with van der Waals surface area (Å²) in [5, 5.41) is 0.226. The lowest BCUT2D eigenvalue weighted by atomic mass is 10.1. The van der Waals surface area contributed by atoms with Crippen molar-refractivity contribution in [1.82, 2.24) is 0 Å². The molecule has 0 aromatic heterocycles. The standard InChI is InChI=1S/C18H12ClFO3S/c19-16-15(10-14(21)11-6-8-12(20)9-7-11)23-18(22)17(16)24-13-4-2-1-3-5-13/h1-9,15H,10H2. The Morgan fingerprint density at radius 2 is 1.79 bits per heavy atom. The summed E-state index contributed by atoms with van der Waals surface area (Å²) in [7, 11) is 0. The molecular weight excluding hydrogens is 351 g/mol. The first-order valence-electron chi connectivity index (χ1n) is 7.17. The third kappa shape index (κ3) is 3.68. The van der Waals surface area contributed by atoms with E-state index in [1.54, 1.807) is 0 Å². The van der Waals surface area contributed by atoms with Crippen molar-refractivity contribution in [3.8, 4) is 0 Å². The lowest BCUT2D eigenvalue weighted by Gasteiger charge is -2.09. The van der Waals surface area contributed by atoms with Crippen molar-refractivity contribution < 1.29 is 18.7 Å². The molecule has 1 heterocycles. The molecule has 0 bridgehead atoms. The van der Waals surface area contributed by atoms with Crippen LogP contribution in [0.3, 0.4) is 0 Å². The SMILES string of the molecule is O=C1OC(CC(=O)c2ccc(F)cc2)C(Cl)=C1Sc1ccccc1. The molecule has 0 aliphatic carbocycles. The third-order valence-corrected chi connectivity index (χ3v) is 5.08. The van der Waals surface area contributed by atoms with Crippen molar-refractivity contribution in [1.29, 1.82) is 0 Å². The van der Waals surface area contributed by atoms with Gasteiger partial charge in [0.15, 0.2) is 5.78 Å². The Hall–Kier alpha value is -2.11. The molecule has 6 heteroatoms. The fraction of sp³-hybridized carbons (Fsp3) is 0.111. The molecule has 0 saturated heterocycles. The maximum absolute atomic E-state index is 12.9. The van der Waals surface area contributed by atoms with Gasteiger partial charge in [0.2, 0.25) is 0 Å². The van der Waals surface area contributed by atoms with E-state index in [0.717, 1.165) is 4.90 Å². The molecule has 3 nitrogen and oxygen atoms in total. The summed E-state index contributed by atoms with van der Waals surface area (Å²) in [4.78, 5) is 25.4. The number of Topliss-reactive ketones (excluding diaryl/α,β-unsaturated/α-hetero) is 1. The lowest BCUT2D eigenvalue weighted by Crippen LogP contribution is -2.15. The normalized spacial score (nSPS) is 17.1. The van der Waals surface area contributed by atoms with E-state index in [2.05, 4.69) is 0 Å². The van der Waals surface area contributed by atoms with Crippen LogP contribution in [0.15, 0.2) is 69.4 Å². The molecule has 0 amide bonds. The zero-order valence-corrected chi connectivity index (χ0v) is 13.9. The molecule has 0 saturated carbocycles. The minimum absolute atomic E-state index is 0.0743. The van der Waals surface area contributed by atoms with E-state index >= 15 is 0 Å². The first-order valence-corrected chi connectivity index (χ1v) is 8.36. The van der Waals surface area contributed by atoms with Crippen LogP contribution in [-0.4, -0.2) is 17.9 Å². The molecule has 3 rings (SSSR count). The van der Waals surface area contributed by atoms with Crippen LogP contribution >= 0.6 is 23.4 Å². The van der Waals surface area contributed by atoms with Gasteiger partial charge in [0.1, 0.15) is 16.8 Å². The molecule has 1 aliphatic rings. The molecule has 0 fully saturated rings. The van der Waals surface area contributed by atoms with Gasteiger partial charge in [-0.3, -0.25) is 4.79 Å². The van der Waals surface area contributed by atoms with Gasteiger partial charge in [-0.05, 0) is 36.4 Å². The lowest BCUT2D eigenvalue weighted by molar-refractivity contribution is -0.138. The molecule has 0 spiro atoms. The average Bonchev–Trinajstić information content (AvgIpc) is 2.84. The molecule has 122 valence electrons. The largest absolute Gasteiger partial charge is 0.452 e. The minimum atomic E-state index is -0.803. The summed E-state index contributed by atoms with van der Waals surface area (Å²) in [5.41, 5.74) is 0.348. The first-order chi connectivity index (χ1) is 11.5. The fourth-order valence-electron chi connectivity index (χ4n) is 2.23. The summed E-state index contributed by atoms with van der Waals surface area (Å²) >= 11 is 7.45. The van der Waals surface area contributed by atoms with Crippen LogP contribution in [0.5, 0.6) is 0 Å². The summed E-state index contributed by atoms with van der Waals surface area (Å²) in [6, 6.07) is 14.5. The Morgan fingerprint density at radius 1 is 1.12 bits per heavy atom. The number of hydrogen-bond donors (Lipinski definition) is 0. The van der Waals surface area contributed by atoms with Crippen molar-refractivity contribution in [2.45, 2.75) is 17.4 Å². The predicted octanol–water partition coefficient (Wildman–Crippen LogP) is 4.57. The van der Waals surface area contributed by atoms with Gasteiger partial charge in [0.25, 0.3) is 0 Å². The first kappa shape index (κ1) is 16.7. The Kier molecular flexibility index (Phi) is 5.02. The van der Waals surface area contributed by atoms with Crippen LogP contribution in [0.25, 0.3) is 0 Å². The van der Waals surface area contributed by atoms with E-state index in [4.69, 9.17) is 16.3 Å². The molecule has 1 unspecified atom stereocenters. The minimum Gasteiger partial charge on any atom is -0.452 e. The van der Waals surface area contributed by atoms with Gasteiger partial charge < -0.3 is 4.74 Å². The third-order valence-electron chi connectivity index (χ3n) is 3.43. The van der Waals surface area contributed by atoms with Crippen molar-refractivity contribution >= 4 is 35.1 Å².